The van der Waals surface area contributed by atoms with E-state index < -0.39 is 8.32 Å². The van der Waals surface area contributed by atoms with Gasteiger partial charge in [-0.1, -0.05) is 39.0 Å². The summed E-state index contributed by atoms with van der Waals surface area (Å²) in [7, 11) is -1.94. The molecule has 144 valence electrons. The molecule has 6 heteroatoms. The number of halogens is 1. The van der Waals surface area contributed by atoms with Gasteiger partial charge < -0.3 is 9.33 Å². The second-order valence-corrected chi connectivity index (χ2v) is 13.4. The predicted octanol–water partition coefficient (Wildman–Crippen LogP) is 4.80. The zero-order valence-electron chi connectivity index (χ0n) is 16.7. The average Bonchev–Trinajstić information content (AvgIpc) is 2.57. The Morgan fingerprint density at radius 1 is 1.19 bits per heavy atom. The molecule has 2 heterocycles. The Balaban J connectivity index is 1.77. The van der Waals surface area contributed by atoms with Crippen molar-refractivity contribution in [2.24, 2.45) is 0 Å². The molecule has 1 fully saturated rings. The number of benzene rings is 1. The van der Waals surface area contributed by atoms with Gasteiger partial charge in [0.25, 0.3) is 0 Å². The number of Topliss-reactive ketones (excluding diaryl/α,β-unsaturated/α-hetero) is 1. The van der Waals surface area contributed by atoms with Gasteiger partial charge in [-0.2, -0.15) is 0 Å². The molecule has 0 spiro atoms. The van der Waals surface area contributed by atoms with Gasteiger partial charge in [0.05, 0.1) is 19.7 Å². The molecule has 0 saturated carbocycles. The number of carbonyl (C=O) groups excluding carboxylic acids is 1. The minimum absolute atomic E-state index is 0.0824. The first-order valence-electron chi connectivity index (χ1n) is 9.23. The van der Waals surface area contributed by atoms with E-state index in [-0.39, 0.29) is 23.2 Å². The zero-order chi connectivity index (χ0) is 19.8. The lowest BCUT2D eigenvalue weighted by atomic mass is 10.0. The lowest BCUT2D eigenvalue weighted by Crippen LogP contribution is -2.47. The maximum absolute atomic E-state index is 15.1. The van der Waals surface area contributed by atoms with Crippen molar-refractivity contribution < 1.29 is 13.6 Å². The molecule has 1 aromatic carbocycles. The Morgan fingerprint density at radius 2 is 1.89 bits per heavy atom. The summed E-state index contributed by atoms with van der Waals surface area (Å²) in [5.41, 5.74) is 1.80. The van der Waals surface area contributed by atoms with E-state index in [4.69, 9.17) is 4.43 Å². The Labute approximate surface area is 161 Å². The first kappa shape index (κ1) is 19.7. The van der Waals surface area contributed by atoms with Crippen molar-refractivity contribution in [3.63, 3.8) is 0 Å². The Bertz CT molecular complexity index is 836. The SMILES string of the molecule is CC(C)(C)[Si](C)(C)OCc1cccc(-c2ccc(N3CC(=O)C3)nc2)c1F. The van der Waals surface area contributed by atoms with Crippen molar-refractivity contribution in [1.82, 2.24) is 4.98 Å². The molecule has 0 amide bonds. The monoisotopic (exact) mass is 386 g/mol. The maximum Gasteiger partial charge on any atom is 0.192 e. The summed E-state index contributed by atoms with van der Waals surface area (Å²) < 4.78 is 21.2. The molecule has 3 rings (SSSR count). The molecule has 0 aliphatic carbocycles. The Hall–Kier alpha value is -2.05. The highest BCUT2D eigenvalue weighted by molar-refractivity contribution is 6.74. The highest BCUT2D eigenvalue weighted by atomic mass is 28.4. The van der Waals surface area contributed by atoms with Gasteiger partial charge in [-0.3, -0.25) is 4.79 Å². The highest BCUT2D eigenvalue weighted by Crippen LogP contribution is 2.37. The molecular formula is C21H27FN2O2Si. The zero-order valence-corrected chi connectivity index (χ0v) is 17.7. The third kappa shape index (κ3) is 4.11. The summed E-state index contributed by atoms with van der Waals surface area (Å²) in [6.07, 6.45) is 1.66. The third-order valence-corrected chi connectivity index (χ3v) is 10.1. The molecule has 2 aromatic rings. The molecule has 0 atom stereocenters. The lowest BCUT2D eigenvalue weighted by molar-refractivity contribution is -0.119. The second-order valence-electron chi connectivity index (χ2n) is 8.63. The van der Waals surface area contributed by atoms with Crippen molar-refractivity contribution in [2.45, 2.75) is 45.5 Å². The highest BCUT2D eigenvalue weighted by Gasteiger charge is 2.37. The number of hydrogen-bond acceptors (Lipinski definition) is 4. The number of carbonyl (C=O) groups is 1. The van der Waals surface area contributed by atoms with Crippen molar-refractivity contribution in [2.75, 3.05) is 18.0 Å². The minimum atomic E-state index is -1.94. The van der Waals surface area contributed by atoms with E-state index in [1.807, 2.05) is 23.1 Å². The lowest BCUT2D eigenvalue weighted by Gasteiger charge is -2.36. The minimum Gasteiger partial charge on any atom is -0.412 e. The number of hydrogen-bond donors (Lipinski definition) is 0. The summed E-state index contributed by atoms with van der Waals surface area (Å²) in [6.45, 7) is 11.9. The molecular weight excluding hydrogens is 359 g/mol. The van der Waals surface area contributed by atoms with Gasteiger partial charge in [0, 0.05) is 22.9 Å². The summed E-state index contributed by atoms with van der Waals surface area (Å²) in [4.78, 5) is 17.4. The molecule has 4 nitrogen and oxygen atoms in total. The molecule has 27 heavy (non-hydrogen) atoms. The topological polar surface area (TPSA) is 42.4 Å². The average molecular weight is 387 g/mol. The molecule has 0 unspecified atom stereocenters. The number of rotatable bonds is 5. The third-order valence-electron chi connectivity index (χ3n) is 5.59. The van der Waals surface area contributed by atoms with Gasteiger partial charge in [0.15, 0.2) is 14.1 Å². The van der Waals surface area contributed by atoms with E-state index in [1.165, 1.54) is 0 Å². The van der Waals surface area contributed by atoms with E-state index in [2.05, 4.69) is 38.8 Å². The van der Waals surface area contributed by atoms with Gasteiger partial charge in [0.2, 0.25) is 0 Å². The molecule has 0 N–H and O–H groups in total. The smallest absolute Gasteiger partial charge is 0.192 e. The fraction of sp³-hybridized carbons (Fsp3) is 0.429. The first-order valence-corrected chi connectivity index (χ1v) is 12.1. The first-order chi connectivity index (χ1) is 12.6. The van der Waals surface area contributed by atoms with Crippen LogP contribution < -0.4 is 4.90 Å². The van der Waals surface area contributed by atoms with Crippen LogP contribution in [0.1, 0.15) is 26.3 Å². The second kappa shape index (κ2) is 7.17. The molecule has 1 aliphatic heterocycles. The van der Waals surface area contributed by atoms with Gasteiger partial charge in [-0.05, 0) is 30.3 Å². The van der Waals surface area contributed by atoms with Gasteiger partial charge in [-0.25, -0.2) is 9.37 Å². The van der Waals surface area contributed by atoms with Crippen LogP contribution in [0, 0.1) is 5.82 Å². The van der Waals surface area contributed by atoms with Crippen LogP contribution in [0.4, 0.5) is 10.2 Å². The number of ketones is 1. The maximum atomic E-state index is 15.1. The van der Waals surface area contributed by atoms with E-state index >= 15 is 4.39 Å². The fourth-order valence-corrected chi connectivity index (χ4v) is 3.61. The van der Waals surface area contributed by atoms with E-state index in [0.717, 1.165) is 11.4 Å². The number of aromatic nitrogens is 1. The number of pyridine rings is 1. The van der Waals surface area contributed by atoms with Crippen LogP contribution in [0.15, 0.2) is 36.5 Å². The molecule has 0 radical (unpaired) electrons. The van der Waals surface area contributed by atoms with Crippen LogP contribution in [-0.4, -0.2) is 32.2 Å². The predicted molar refractivity (Wildman–Crippen MR) is 109 cm³/mol. The summed E-state index contributed by atoms with van der Waals surface area (Å²) >= 11 is 0. The van der Waals surface area contributed by atoms with Gasteiger partial charge >= 0.3 is 0 Å². The quantitative estimate of drug-likeness (QED) is 0.693. The van der Waals surface area contributed by atoms with Crippen LogP contribution in [0.5, 0.6) is 0 Å². The molecule has 1 saturated heterocycles. The van der Waals surface area contributed by atoms with Crippen LogP contribution in [0.25, 0.3) is 11.1 Å². The van der Waals surface area contributed by atoms with Crippen molar-refractivity contribution >= 4 is 19.9 Å². The summed E-state index contributed by atoms with van der Waals surface area (Å²) in [5, 5.41) is 0.0824. The summed E-state index contributed by atoms with van der Waals surface area (Å²) in [5.74, 6) is 0.697. The van der Waals surface area contributed by atoms with E-state index in [0.29, 0.717) is 24.2 Å². The van der Waals surface area contributed by atoms with Crippen LogP contribution in [0.2, 0.25) is 18.1 Å². The van der Waals surface area contributed by atoms with Gasteiger partial charge in [0.1, 0.15) is 11.6 Å². The van der Waals surface area contributed by atoms with Crippen molar-refractivity contribution in [3.8, 4) is 11.1 Å². The van der Waals surface area contributed by atoms with Crippen molar-refractivity contribution in [3.05, 3.63) is 47.9 Å². The Kier molecular flexibility index (Phi) is 5.23. The van der Waals surface area contributed by atoms with Gasteiger partial charge in [-0.15, -0.1) is 0 Å². The van der Waals surface area contributed by atoms with E-state index in [1.54, 1.807) is 18.3 Å². The number of anilines is 1. The van der Waals surface area contributed by atoms with Crippen molar-refractivity contribution in [1.29, 1.82) is 0 Å². The van der Waals surface area contributed by atoms with Crippen LogP contribution >= 0.6 is 0 Å². The molecule has 1 aliphatic rings. The summed E-state index contributed by atoms with van der Waals surface area (Å²) in [6, 6.07) is 9.07. The standard InChI is InChI=1S/C21H27FN2O2Si/c1-21(2,3)27(4,5)26-14-16-7-6-8-18(20(16)22)15-9-10-19(23-11-15)24-12-17(25)13-24/h6-11H,12-14H2,1-5H3. The largest absolute Gasteiger partial charge is 0.412 e. The fourth-order valence-electron chi connectivity index (χ4n) is 2.66. The number of nitrogens with zero attached hydrogens (tertiary/aromatic N) is 2. The Morgan fingerprint density at radius 3 is 2.44 bits per heavy atom. The normalized spacial score (nSPS) is 15.0. The van der Waals surface area contributed by atoms with Crippen LogP contribution in [0.3, 0.4) is 0 Å². The van der Waals surface area contributed by atoms with E-state index in [9.17, 15) is 4.79 Å². The molecule has 1 aromatic heterocycles. The molecule has 0 bridgehead atoms. The van der Waals surface area contributed by atoms with Crippen LogP contribution in [-0.2, 0) is 15.8 Å².